The fourth-order valence-corrected chi connectivity index (χ4v) is 4.03. The van der Waals surface area contributed by atoms with Crippen LogP contribution in [-0.2, 0) is 28.9 Å². The second kappa shape index (κ2) is 10.3. The van der Waals surface area contributed by atoms with Gasteiger partial charge in [0.25, 0.3) is 5.91 Å². The Morgan fingerprint density at radius 1 is 1.07 bits per heavy atom. The minimum Gasteiger partial charge on any atom is -0.494 e. The lowest BCUT2D eigenvalue weighted by molar-refractivity contribution is 0.0921. The fraction of sp³-hybridized carbons (Fsp3) is 0.227. The van der Waals surface area contributed by atoms with E-state index in [9.17, 15) is 9.00 Å². The van der Waals surface area contributed by atoms with Crippen LogP contribution in [0.2, 0.25) is 5.02 Å². The summed E-state index contributed by atoms with van der Waals surface area (Å²) in [5.41, 5.74) is 1.82. The van der Waals surface area contributed by atoms with Gasteiger partial charge in [0.1, 0.15) is 11.5 Å². The first kappa shape index (κ1) is 21.1. The molecule has 29 heavy (non-hydrogen) atoms. The highest BCUT2D eigenvalue weighted by atomic mass is 35.5. The Hall–Kier alpha value is -2.57. The molecule has 0 aliphatic carbocycles. The van der Waals surface area contributed by atoms with Crippen molar-refractivity contribution in [2.24, 2.45) is 0 Å². The summed E-state index contributed by atoms with van der Waals surface area (Å²) in [6, 6.07) is 18.1. The van der Waals surface area contributed by atoms with Crippen molar-refractivity contribution in [1.82, 2.24) is 5.32 Å². The van der Waals surface area contributed by atoms with E-state index in [0.717, 1.165) is 16.9 Å². The van der Waals surface area contributed by atoms with E-state index in [1.54, 1.807) is 24.3 Å². The number of hydrogen-bond donors (Lipinski definition) is 1. The SMILES string of the molecule is CCOc1ccccc1CNC(=O)c1ccc(CS(=O)Cc2ccc(Cl)cc2)o1. The van der Waals surface area contributed by atoms with Crippen molar-refractivity contribution in [3.63, 3.8) is 0 Å². The van der Waals surface area contributed by atoms with Crippen LogP contribution in [0.4, 0.5) is 0 Å². The maximum Gasteiger partial charge on any atom is 0.287 e. The number of amides is 1. The average Bonchev–Trinajstić information content (AvgIpc) is 3.17. The molecule has 0 saturated heterocycles. The molecule has 3 aromatic rings. The standard InChI is InChI=1S/C22H22ClNO4S/c1-2-27-20-6-4-3-5-17(20)13-24-22(25)21-12-11-19(28-21)15-29(26)14-16-7-9-18(23)10-8-16/h3-12H,2,13-15H2,1H3,(H,24,25). The van der Waals surface area contributed by atoms with Crippen molar-refractivity contribution < 1.29 is 18.2 Å². The first-order valence-corrected chi connectivity index (χ1v) is 11.1. The van der Waals surface area contributed by atoms with Crippen molar-refractivity contribution in [3.05, 3.63) is 88.3 Å². The largest absolute Gasteiger partial charge is 0.494 e. The van der Waals surface area contributed by atoms with Gasteiger partial charge in [0.2, 0.25) is 0 Å². The maximum absolute atomic E-state index is 12.4. The van der Waals surface area contributed by atoms with E-state index in [2.05, 4.69) is 5.32 Å². The van der Waals surface area contributed by atoms with Crippen molar-refractivity contribution in [2.45, 2.75) is 25.0 Å². The van der Waals surface area contributed by atoms with Crippen molar-refractivity contribution in [1.29, 1.82) is 0 Å². The highest BCUT2D eigenvalue weighted by Crippen LogP contribution is 2.18. The number of carbonyl (C=O) groups is 1. The van der Waals surface area contributed by atoms with Crippen LogP contribution in [0.3, 0.4) is 0 Å². The smallest absolute Gasteiger partial charge is 0.287 e. The van der Waals surface area contributed by atoms with Gasteiger partial charge in [-0.15, -0.1) is 0 Å². The van der Waals surface area contributed by atoms with Crippen LogP contribution in [0, 0.1) is 0 Å². The number of halogens is 1. The molecule has 0 bridgehead atoms. The summed E-state index contributed by atoms with van der Waals surface area (Å²) in [4.78, 5) is 12.4. The van der Waals surface area contributed by atoms with Gasteiger partial charge in [-0.25, -0.2) is 0 Å². The third kappa shape index (κ3) is 6.21. The Kier molecular flexibility index (Phi) is 7.49. The molecular weight excluding hydrogens is 410 g/mol. The molecule has 152 valence electrons. The van der Waals surface area contributed by atoms with Crippen molar-refractivity contribution in [2.75, 3.05) is 6.61 Å². The van der Waals surface area contributed by atoms with E-state index in [4.69, 9.17) is 20.8 Å². The number of furan rings is 1. The Morgan fingerprint density at radius 2 is 1.83 bits per heavy atom. The van der Waals surface area contributed by atoms with E-state index < -0.39 is 10.8 Å². The van der Waals surface area contributed by atoms with Crippen LogP contribution in [0.25, 0.3) is 0 Å². The molecule has 0 spiro atoms. The molecule has 1 N–H and O–H groups in total. The zero-order chi connectivity index (χ0) is 20.6. The van der Waals surface area contributed by atoms with Gasteiger partial charge >= 0.3 is 0 Å². The van der Waals surface area contributed by atoms with Crippen LogP contribution >= 0.6 is 11.6 Å². The molecule has 1 heterocycles. The number of carbonyl (C=O) groups excluding carboxylic acids is 1. The number of hydrogen-bond acceptors (Lipinski definition) is 4. The molecule has 1 amide bonds. The molecule has 5 nitrogen and oxygen atoms in total. The summed E-state index contributed by atoms with van der Waals surface area (Å²) in [7, 11) is -1.15. The van der Waals surface area contributed by atoms with Gasteiger partial charge in [0, 0.05) is 33.7 Å². The van der Waals surface area contributed by atoms with Gasteiger partial charge in [-0.1, -0.05) is 41.9 Å². The van der Waals surface area contributed by atoms with Gasteiger partial charge in [0.05, 0.1) is 12.4 Å². The van der Waals surface area contributed by atoms with Crippen LogP contribution in [0.1, 0.15) is 34.4 Å². The number of rotatable bonds is 9. The van der Waals surface area contributed by atoms with Gasteiger partial charge < -0.3 is 14.5 Å². The van der Waals surface area contributed by atoms with E-state index in [1.165, 1.54) is 0 Å². The van der Waals surface area contributed by atoms with E-state index in [1.807, 2.05) is 43.3 Å². The molecule has 1 unspecified atom stereocenters. The molecule has 7 heteroatoms. The lowest BCUT2D eigenvalue weighted by Crippen LogP contribution is -2.22. The third-order valence-corrected chi connectivity index (χ3v) is 5.66. The summed E-state index contributed by atoms with van der Waals surface area (Å²) in [6.45, 7) is 2.80. The predicted octanol–water partition coefficient (Wildman–Crippen LogP) is 4.71. The summed E-state index contributed by atoms with van der Waals surface area (Å²) in [5.74, 6) is 1.75. The van der Waals surface area contributed by atoms with Crippen LogP contribution in [0.15, 0.2) is 65.1 Å². The molecule has 0 fully saturated rings. The van der Waals surface area contributed by atoms with Crippen LogP contribution in [0.5, 0.6) is 5.75 Å². The highest BCUT2D eigenvalue weighted by Gasteiger charge is 2.14. The molecule has 3 rings (SSSR count). The Labute approximate surface area is 177 Å². The second-order valence-electron chi connectivity index (χ2n) is 6.34. The first-order valence-electron chi connectivity index (χ1n) is 9.22. The van der Waals surface area contributed by atoms with Gasteiger partial charge in [-0.2, -0.15) is 0 Å². The second-order valence-corrected chi connectivity index (χ2v) is 8.24. The lowest BCUT2D eigenvalue weighted by atomic mass is 10.2. The monoisotopic (exact) mass is 431 g/mol. The normalized spacial score (nSPS) is 11.8. The first-order chi connectivity index (χ1) is 14.0. The molecule has 1 aromatic heterocycles. The van der Waals surface area contributed by atoms with Gasteiger partial charge in [0.15, 0.2) is 5.76 Å². The number of nitrogens with one attached hydrogen (secondary N) is 1. The number of para-hydroxylation sites is 1. The van der Waals surface area contributed by atoms with E-state index in [0.29, 0.717) is 29.7 Å². The number of benzene rings is 2. The van der Waals surface area contributed by atoms with Crippen LogP contribution < -0.4 is 10.1 Å². The van der Waals surface area contributed by atoms with Crippen molar-refractivity contribution >= 4 is 28.3 Å². The maximum atomic E-state index is 12.4. The van der Waals surface area contributed by atoms with Gasteiger partial charge in [-0.3, -0.25) is 9.00 Å². The molecule has 2 aromatic carbocycles. The van der Waals surface area contributed by atoms with Gasteiger partial charge in [-0.05, 0) is 42.8 Å². The lowest BCUT2D eigenvalue weighted by Gasteiger charge is -2.10. The third-order valence-electron chi connectivity index (χ3n) is 4.14. The highest BCUT2D eigenvalue weighted by molar-refractivity contribution is 7.83. The fourth-order valence-electron chi connectivity index (χ4n) is 2.76. The topological polar surface area (TPSA) is 68.5 Å². The number of ether oxygens (including phenoxy) is 1. The Balaban J connectivity index is 1.54. The van der Waals surface area contributed by atoms with E-state index >= 15 is 0 Å². The quantitative estimate of drug-likeness (QED) is 0.532. The molecule has 0 aliphatic rings. The minimum absolute atomic E-state index is 0.192. The molecule has 0 saturated carbocycles. The Morgan fingerprint density at radius 3 is 2.59 bits per heavy atom. The minimum atomic E-state index is -1.15. The summed E-state index contributed by atoms with van der Waals surface area (Å²) in [6.07, 6.45) is 0. The van der Waals surface area contributed by atoms with Crippen LogP contribution in [-0.4, -0.2) is 16.7 Å². The summed E-state index contributed by atoms with van der Waals surface area (Å²) in [5, 5.41) is 3.47. The molecule has 0 radical (unpaired) electrons. The zero-order valence-electron chi connectivity index (χ0n) is 16.0. The summed E-state index contributed by atoms with van der Waals surface area (Å²) >= 11 is 5.86. The molecule has 0 aliphatic heterocycles. The zero-order valence-corrected chi connectivity index (χ0v) is 17.6. The average molecular weight is 432 g/mol. The summed E-state index contributed by atoms with van der Waals surface area (Å²) < 4.78 is 23.5. The van der Waals surface area contributed by atoms with E-state index in [-0.39, 0.29) is 17.4 Å². The predicted molar refractivity (Wildman–Crippen MR) is 114 cm³/mol. The van der Waals surface area contributed by atoms with Crippen molar-refractivity contribution in [3.8, 4) is 5.75 Å². The molecule has 1 atom stereocenters. The Bertz CT molecular complexity index is 984. The molecular formula is C22H22ClNO4S.